The SMILES string of the molecule is COc1cc(C(=O)OCOC(=O)NCC(=O)OCc2ccccc2)ccc1NC(=O)[C@@H]1C[C@@H](CC(C)(C)C)[C@](C#N)(c2ccc(Cl)cc2F)[C@H]1c1cccc(Cl)c1F. The van der Waals surface area contributed by atoms with Crippen LogP contribution in [0.1, 0.15) is 66.6 Å². The Morgan fingerprint density at radius 1 is 0.931 bits per heavy atom. The highest BCUT2D eigenvalue weighted by Gasteiger charge is 2.61. The van der Waals surface area contributed by atoms with Gasteiger partial charge in [0.05, 0.1) is 34.9 Å². The number of carbonyl (C=O) groups excluding carboxylic acids is 4. The number of benzene rings is 4. The minimum atomic E-state index is -1.74. The number of methoxy groups -OCH3 is 1. The number of amides is 2. The van der Waals surface area contributed by atoms with E-state index < -0.39 is 77.5 Å². The molecule has 0 saturated heterocycles. The highest BCUT2D eigenvalue weighted by atomic mass is 35.5. The van der Waals surface area contributed by atoms with Gasteiger partial charge in [-0.25, -0.2) is 18.4 Å². The molecule has 0 aliphatic heterocycles. The van der Waals surface area contributed by atoms with Crippen molar-refractivity contribution in [3.05, 3.63) is 129 Å². The number of hydrogen-bond acceptors (Lipinski definition) is 9. The van der Waals surface area contributed by atoms with Gasteiger partial charge >= 0.3 is 18.0 Å². The van der Waals surface area contributed by atoms with Crippen LogP contribution in [0.25, 0.3) is 0 Å². The molecular weight excluding hydrogens is 795 g/mol. The van der Waals surface area contributed by atoms with E-state index >= 15 is 8.78 Å². The zero-order valence-corrected chi connectivity index (χ0v) is 33.6. The number of nitriles is 1. The third kappa shape index (κ3) is 10.0. The van der Waals surface area contributed by atoms with E-state index in [2.05, 4.69) is 16.7 Å². The summed E-state index contributed by atoms with van der Waals surface area (Å²) in [6, 6.07) is 23.6. The molecule has 0 unspecified atom stereocenters. The van der Waals surface area contributed by atoms with Crippen molar-refractivity contribution in [3.8, 4) is 11.8 Å². The number of halogens is 4. The quantitative estimate of drug-likeness (QED) is 0.0992. The maximum atomic E-state index is 16.1. The van der Waals surface area contributed by atoms with Gasteiger partial charge < -0.3 is 29.6 Å². The van der Waals surface area contributed by atoms with E-state index in [1.165, 1.54) is 55.6 Å². The molecule has 11 nitrogen and oxygen atoms in total. The van der Waals surface area contributed by atoms with Gasteiger partial charge in [-0.2, -0.15) is 5.26 Å². The van der Waals surface area contributed by atoms with Crippen LogP contribution in [-0.4, -0.2) is 44.4 Å². The first-order valence-electron chi connectivity index (χ1n) is 18.1. The third-order valence-corrected chi connectivity index (χ3v) is 10.4. The number of nitrogens with one attached hydrogen (secondary N) is 2. The summed E-state index contributed by atoms with van der Waals surface area (Å²) in [6.07, 6.45) is -0.588. The molecule has 4 aromatic carbocycles. The molecule has 304 valence electrons. The minimum absolute atomic E-state index is 0.0171. The molecule has 58 heavy (non-hydrogen) atoms. The second-order valence-corrected chi connectivity index (χ2v) is 15.8. The van der Waals surface area contributed by atoms with Crippen LogP contribution in [0.15, 0.2) is 84.9 Å². The Balaban J connectivity index is 1.33. The molecule has 1 aliphatic carbocycles. The molecule has 4 aromatic rings. The first-order valence-corrected chi connectivity index (χ1v) is 18.9. The number of carbonyl (C=O) groups is 4. The number of esters is 2. The highest BCUT2D eigenvalue weighted by Crippen LogP contribution is 2.61. The fourth-order valence-corrected chi connectivity index (χ4v) is 7.79. The zero-order valence-electron chi connectivity index (χ0n) is 32.1. The van der Waals surface area contributed by atoms with Gasteiger partial charge in [-0.05, 0) is 71.7 Å². The standard InChI is InChI=1S/C43H41Cl2F2N3O8/c1-42(2,3)20-27-18-30(37(29-11-8-12-32(45)38(29)47)43(27,23-48)31-15-14-28(44)19-33(31)46)39(52)50-34-16-13-26(17-35(34)55-4)40(53)57-24-58-41(54)49-21-36(51)56-22-25-9-6-5-7-10-25/h5-17,19,27,30,37H,18,20-22,24H2,1-4H3,(H,49,54)(H,50,52)/t27-,30+,37-,43+/m0/s1. The molecular formula is C43H41Cl2F2N3O8. The summed E-state index contributed by atoms with van der Waals surface area (Å²) < 4.78 is 52.5. The number of alkyl carbamates (subject to hydrolysis) is 1. The molecule has 5 rings (SSSR count). The van der Waals surface area contributed by atoms with E-state index in [-0.39, 0.29) is 51.2 Å². The molecule has 2 N–H and O–H groups in total. The Morgan fingerprint density at radius 2 is 1.67 bits per heavy atom. The summed E-state index contributed by atoms with van der Waals surface area (Å²) in [5, 5.41) is 16.0. The maximum Gasteiger partial charge on any atom is 0.410 e. The van der Waals surface area contributed by atoms with Crippen LogP contribution in [0.3, 0.4) is 0 Å². The lowest BCUT2D eigenvalue weighted by Crippen LogP contribution is -2.39. The van der Waals surface area contributed by atoms with Gasteiger partial charge in [0.1, 0.15) is 30.5 Å². The average Bonchev–Trinajstić information content (AvgIpc) is 3.50. The Labute approximate surface area is 344 Å². The summed E-state index contributed by atoms with van der Waals surface area (Å²) in [4.78, 5) is 51.3. The van der Waals surface area contributed by atoms with Crippen LogP contribution in [0.4, 0.5) is 19.3 Å². The van der Waals surface area contributed by atoms with E-state index in [0.29, 0.717) is 6.42 Å². The van der Waals surface area contributed by atoms with Crippen LogP contribution in [0.2, 0.25) is 10.0 Å². The van der Waals surface area contributed by atoms with Crippen molar-refractivity contribution < 1.29 is 46.9 Å². The van der Waals surface area contributed by atoms with Crippen LogP contribution in [0.5, 0.6) is 5.75 Å². The normalized spacial score (nSPS) is 18.7. The lowest BCUT2D eigenvalue weighted by Gasteiger charge is -2.38. The minimum Gasteiger partial charge on any atom is -0.495 e. The predicted octanol–water partition coefficient (Wildman–Crippen LogP) is 9.12. The smallest absolute Gasteiger partial charge is 0.410 e. The predicted molar refractivity (Wildman–Crippen MR) is 211 cm³/mol. The first-order chi connectivity index (χ1) is 27.6. The van der Waals surface area contributed by atoms with Crippen LogP contribution in [0, 0.1) is 40.2 Å². The van der Waals surface area contributed by atoms with Gasteiger partial charge in [0, 0.05) is 22.4 Å². The molecule has 4 atom stereocenters. The third-order valence-electron chi connectivity index (χ3n) is 9.84. The van der Waals surface area contributed by atoms with E-state index in [1.807, 2.05) is 26.8 Å². The topological polar surface area (TPSA) is 153 Å². The van der Waals surface area contributed by atoms with Crippen molar-refractivity contribution in [2.75, 3.05) is 25.8 Å². The number of rotatable bonds is 13. The summed E-state index contributed by atoms with van der Waals surface area (Å²) >= 11 is 12.4. The average molecular weight is 837 g/mol. The van der Waals surface area contributed by atoms with Crippen molar-refractivity contribution >= 4 is 52.8 Å². The van der Waals surface area contributed by atoms with Gasteiger partial charge in [-0.15, -0.1) is 0 Å². The number of hydrogen-bond donors (Lipinski definition) is 2. The molecule has 0 bridgehead atoms. The second kappa shape index (κ2) is 18.7. The van der Waals surface area contributed by atoms with E-state index in [4.69, 9.17) is 42.1 Å². The number of anilines is 1. The number of nitrogens with zero attached hydrogens (tertiary/aromatic N) is 1. The van der Waals surface area contributed by atoms with Gasteiger partial charge in [0.15, 0.2) is 0 Å². The van der Waals surface area contributed by atoms with Crippen LogP contribution >= 0.6 is 23.2 Å². The lowest BCUT2D eigenvalue weighted by atomic mass is 9.62. The van der Waals surface area contributed by atoms with E-state index in [9.17, 15) is 24.4 Å². The lowest BCUT2D eigenvalue weighted by molar-refractivity contribution is -0.143. The molecule has 1 fully saturated rings. The first kappa shape index (κ1) is 43.4. The van der Waals surface area contributed by atoms with E-state index in [0.717, 1.165) is 11.6 Å². The molecule has 0 radical (unpaired) electrons. The molecule has 0 spiro atoms. The van der Waals surface area contributed by atoms with Gasteiger partial charge in [0.25, 0.3) is 0 Å². The van der Waals surface area contributed by atoms with Crippen LogP contribution < -0.4 is 15.4 Å². The molecule has 0 heterocycles. The summed E-state index contributed by atoms with van der Waals surface area (Å²) in [6.45, 7) is 4.63. The molecule has 1 aliphatic rings. The Bertz CT molecular complexity index is 2210. The zero-order chi connectivity index (χ0) is 42.2. The van der Waals surface area contributed by atoms with E-state index in [1.54, 1.807) is 24.3 Å². The Kier molecular flexibility index (Phi) is 14.0. The van der Waals surface area contributed by atoms with Crippen molar-refractivity contribution in [2.24, 2.45) is 17.3 Å². The van der Waals surface area contributed by atoms with Crippen molar-refractivity contribution in [1.29, 1.82) is 5.26 Å². The van der Waals surface area contributed by atoms with Crippen molar-refractivity contribution in [3.63, 3.8) is 0 Å². The Hall–Kier alpha value is -5.71. The highest BCUT2D eigenvalue weighted by molar-refractivity contribution is 6.31. The number of ether oxygens (including phenoxy) is 4. The Morgan fingerprint density at radius 3 is 2.34 bits per heavy atom. The van der Waals surface area contributed by atoms with Gasteiger partial charge in [-0.3, -0.25) is 9.59 Å². The molecule has 1 saturated carbocycles. The molecule has 15 heteroatoms. The largest absolute Gasteiger partial charge is 0.495 e. The fourth-order valence-electron chi connectivity index (χ4n) is 7.45. The second-order valence-electron chi connectivity index (χ2n) is 14.9. The van der Waals surface area contributed by atoms with Crippen molar-refractivity contribution in [1.82, 2.24) is 5.32 Å². The summed E-state index contributed by atoms with van der Waals surface area (Å²) in [5.74, 6) is -6.73. The summed E-state index contributed by atoms with van der Waals surface area (Å²) in [5.41, 5.74) is -1.31. The van der Waals surface area contributed by atoms with Crippen molar-refractivity contribution in [2.45, 2.75) is 51.6 Å². The molecule has 2 amide bonds. The fraction of sp³-hybridized carbons (Fsp3) is 0.326. The van der Waals surface area contributed by atoms with Crippen LogP contribution in [-0.2, 0) is 35.8 Å². The monoisotopic (exact) mass is 835 g/mol. The van der Waals surface area contributed by atoms with Gasteiger partial charge in [0.2, 0.25) is 12.7 Å². The van der Waals surface area contributed by atoms with Gasteiger partial charge in [-0.1, -0.05) is 92.5 Å². The maximum absolute atomic E-state index is 16.1. The summed E-state index contributed by atoms with van der Waals surface area (Å²) in [7, 11) is 1.31. The molecule has 0 aromatic heterocycles.